The summed E-state index contributed by atoms with van der Waals surface area (Å²) in [5.74, 6) is -0.522. The van der Waals surface area contributed by atoms with Gasteiger partial charge in [-0.3, -0.25) is 4.79 Å². The molecule has 0 radical (unpaired) electrons. The first kappa shape index (κ1) is 9.65. The molecule has 5 heteroatoms. The molecule has 17 heavy (non-hydrogen) atoms. The van der Waals surface area contributed by atoms with Gasteiger partial charge in [-0.25, -0.2) is 4.98 Å². The molecule has 3 aromatic rings. The van der Waals surface area contributed by atoms with Gasteiger partial charge in [-0.2, -0.15) is 0 Å². The van der Waals surface area contributed by atoms with E-state index in [4.69, 9.17) is 5.73 Å². The second kappa shape index (κ2) is 3.48. The Morgan fingerprint density at radius 3 is 3.00 bits per heavy atom. The van der Waals surface area contributed by atoms with E-state index in [9.17, 15) is 4.79 Å². The molecule has 0 atom stereocenters. The molecular formula is C12H10N4O. The molecule has 0 saturated carbocycles. The van der Waals surface area contributed by atoms with Crippen LogP contribution in [0, 0.1) is 0 Å². The molecule has 0 bridgehead atoms. The number of nitrogens with zero attached hydrogens (tertiary/aromatic N) is 2. The molecule has 1 amide bonds. The number of amides is 1. The molecule has 3 N–H and O–H groups in total. The van der Waals surface area contributed by atoms with Crippen LogP contribution in [0.3, 0.4) is 0 Å². The van der Waals surface area contributed by atoms with Crippen LogP contribution in [-0.2, 0) is 0 Å². The van der Waals surface area contributed by atoms with Crippen molar-refractivity contribution in [2.75, 3.05) is 0 Å². The van der Waals surface area contributed by atoms with Crippen LogP contribution in [0.4, 0.5) is 0 Å². The Kier molecular flexibility index (Phi) is 1.98. The SMILES string of the molecule is NC(=O)c1cn(-c2ccc3[nH]ccc3c2)cn1. The quantitative estimate of drug-likeness (QED) is 0.693. The van der Waals surface area contributed by atoms with Gasteiger partial charge in [0.15, 0.2) is 0 Å². The number of H-pyrrole nitrogens is 1. The van der Waals surface area contributed by atoms with E-state index in [2.05, 4.69) is 9.97 Å². The molecule has 0 saturated heterocycles. The number of imidazole rings is 1. The summed E-state index contributed by atoms with van der Waals surface area (Å²) in [5.41, 5.74) is 7.44. The molecule has 3 rings (SSSR count). The van der Waals surface area contributed by atoms with Crippen molar-refractivity contribution in [3.8, 4) is 5.69 Å². The maximum Gasteiger partial charge on any atom is 0.268 e. The van der Waals surface area contributed by atoms with E-state index < -0.39 is 5.91 Å². The zero-order chi connectivity index (χ0) is 11.8. The molecule has 5 nitrogen and oxygen atoms in total. The summed E-state index contributed by atoms with van der Waals surface area (Å²) in [5, 5.41) is 1.11. The maximum atomic E-state index is 11.0. The second-order valence-electron chi connectivity index (χ2n) is 3.78. The zero-order valence-corrected chi connectivity index (χ0v) is 8.92. The summed E-state index contributed by atoms with van der Waals surface area (Å²) in [7, 11) is 0. The highest BCUT2D eigenvalue weighted by Crippen LogP contribution is 2.17. The number of hydrogen-bond acceptors (Lipinski definition) is 2. The van der Waals surface area contributed by atoms with Crippen molar-refractivity contribution in [1.29, 1.82) is 0 Å². The first-order chi connectivity index (χ1) is 8.24. The van der Waals surface area contributed by atoms with Gasteiger partial charge in [0.25, 0.3) is 5.91 Å². The number of rotatable bonds is 2. The third-order valence-electron chi connectivity index (χ3n) is 2.67. The van der Waals surface area contributed by atoms with E-state index in [0.717, 1.165) is 16.6 Å². The lowest BCUT2D eigenvalue weighted by molar-refractivity contribution is 0.0996. The number of carbonyl (C=O) groups is 1. The zero-order valence-electron chi connectivity index (χ0n) is 8.92. The van der Waals surface area contributed by atoms with E-state index in [1.54, 1.807) is 17.1 Å². The molecule has 2 aromatic heterocycles. The van der Waals surface area contributed by atoms with Gasteiger partial charge in [-0.1, -0.05) is 0 Å². The number of primary amides is 1. The molecule has 1 aromatic carbocycles. The minimum atomic E-state index is -0.522. The van der Waals surface area contributed by atoms with Crippen LogP contribution >= 0.6 is 0 Å². The number of aromatic amines is 1. The van der Waals surface area contributed by atoms with Crippen LogP contribution in [0.5, 0.6) is 0 Å². The van der Waals surface area contributed by atoms with Crippen molar-refractivity contribution >= 4 is 16.8 Å². The van der Waals surface area contributed by atoms with Gasteiger partial charge in [-0.05, 0) is 24.3 Å². The number of nitrogens with two attached hydrogens (primary N) is 1. The Balaban J connectivity index is 2.09. The smallest absolute Gasteiger partial charge is 0.268 e. The van der Waals surface area contributed by atoms with Gasteiger partial charge < -0.3 is 15.3 Å². The van der Waals surface area contributed by atoms with Gasteiger partial charge in [0.1, 0.15) is 12.0 Å². The van der Waals surface area contributed by atoms with Crippen molar-refractivity contribution in [2.24, 2.45) is 5.73 Å². The number of hydrogen-bond donors (Lipinski definition) is 2. The highest BCUT2D eigenvalue weighted by atomic mass is 16.1. The second-order valence-corrected chi connectivity index (χ2v) is 3.78. The van der Waals surface area contributed by atoms with Gasteiger partial charge in [0.2, 0.25) is 0 Å². The van der Waals surface area contributed by atoms with E-state index in [0.29, 0.717) is 0 Å². The molecule has 0 spiro atoms. The number of benzene rings is 1. The van der Waals surface area contributed by atoms with Crippen molar-refractivity contribution in [3.63, 3.8) is 0 Å². The Hall–Kier alpha value is -2.56. The van der Waals surface area contributed by atoms with E-state index in [-0.39, 0.29) is 5.69 Å². The van der Waals surface area contributed by atoms with Gasteiger partial charge in [0, 0.05) is 29.0 Å². The summed E-state index contributed by atoms with van der Waals surface area (Å²) < 4.78 is 1.77. The fourth-order valence-electron chi connectivity index (χ4n) is 1.79. The average Bonchev–Trinajstić information content (AvgIpc) is 2.97. The fraction of sp³-hybridized carbons (Fsp3) is 0. The topological polar surface area (TPSA) is 76.7 Å². The lowest BCUT2D eigenvalue weighted by Gasteiger charge is -2.01. The lowest BCUT2D eigenvalue weighted by atomic mass is 10.2. The molecular weight excluding hydrogens is 216 g/mol. The maximum absolute atomic E-state index is 11.0. The van der Waals surface area contributed by atoms with Crippen LogP contribution < -0.4 is 5.73 Å². The van der Waals surface area contributed by atoms with Crippen LogP contribution in [0.15, 0.2) is 43.0 Å². The van der Waals surface area contributed by atoms with Crippen molar-refractivity contribution in [1.82, 2.24) is 14.5 Å². The minimum absolute atomic E-state index is 0.263. The normalized spacial score (nSPS) is 10.8. The first-order valence-electron chi connectivity index (χ1n) is 5.15. The van der Waals surface area contributed by atoms with Crippen LogP contribution in [0.25, 0.3) is 16.6 Å². The number of aromatic nitrogens is 3. The monoisotopic (exact) mass is 226 g/mol. The van der Waals surface area contributed by atoms with Crippen LogP contribution in [0.2, 0.25) is 0 Å². The minimum Gasteiger partial charge on any atom is -0.364 e. The van der Waals surface area contributed by atoms with Gasteiger partial charge >= 0.3 is 0 Å². The lowest BCUT2D eigenvalue weighted by Crippen LogP contribution is -2.10. The first-order valence-corrected chi connectivity index (χ1v) is 5.15. The largest absolute Gasteiger partial charge is 0.364 e. The summed E-state index contributed by atoms with van der Waals surface area (Å²) in [6.45, 7) is 0. The number of nitrogens with one attached hydrogen (secondary N) is 1. The Morgan fingerprint density at radius 2 is 2.24 bits per heavy atom. The predicted octanol–water partition coefficient (Wildman–Crippen LogP) is 1.45. The Labute approximate surface area is 96.9 Å². The molecule has 0 unspecified atom stereocenters. The van der Waals surface area contributed by atoms with E-state index >= 15 is 0 Å². The summed E-state index contributed by atoms with van der Waals surface area (Å²) in [6.07, 6.45) is 5.08. The summed E-state index contributed by atoms with van der Waals surface area (Å²) in [4.78, 5) is 18.0. The highest BCUT2D eigenvalue weighted by Gasteiger charge is 2.06. The molecule has 0 fully saturated rings. The standard InChI is InChI=1S/C12H10N4O/c13-12(17)11-6-16(7-15-11)9-1-2-10-8(5-9)3-4-14-10/h1-7,14H,(H2,13,17). The van der Waals surface area contributed by atoms with Crippen LogP contribution in [-0.4, -0.2) is 20.4 Å². The van der Waals surface area contributed by atoms with Crippen LogP contribution in [0.1, 0.15) is 10.5 Å². The van der Waals surface area contributed by atoms with E-state index in [1.807, 2.05) is 30.5 Å². The van der Waals surface area contributed by atoms with Gasteiger partial charge in [-0.15, -0.1) is 0 Å². The predicted molar refractivity (Wildman–Crippen MR) is 63.9 cm³/mol. The molecule has 0 aliphatic rings. The fourth-order valence-corrected chi connectivity index (χ4v) is 1.79. The third kappa shape index (κ3) is 1.57. The highest BCUT2D eigenvalue weighted by molar-refractivity contribution is 5.90. The summed E-state index contributed by atoms with van der Waals surface area (Å²) >= 11 is 0. The molecule has 0 aliphatic carbocycles. The third-order valence-corrected chi connectivity index (χ3v) is 2.67. The number of fused-ring (bicyclic) bond motifs is 1. The number of carbonyl (C=O) groups excluding carboxylic acids is 1. The average molecular weight is 226 g/mol. The molecule has 2 heterocycles. The van der Waals surface area contributed by atoms with E-state index in [1.165, 1.54) is 0 Å². The van der Waals surface area contributed by atoms with Crippen molar-refractivity contribution in [2.45, 2.75) is 0 Å². The van der Waals surface area contributed by atoms with Crippen molar-refractivity contribution < 1.29 is 4.79 Å². The van der Waals surface area contributed by atoms with Gasteiger partial charge in [0.05, 0.1) is 0 Å². The Bertz CT molecular complexity index is 695. The van der Waals surface area contributed by atoms with Crippen molar-refractivity contribution in [3.05, 3.63) is 48.7 Å². The molecule has 0 aliphatic heterocycles. The molecule has 84 valence electrons. The Morgan fingerprint density at radius 1 is 1.35 bits per heavy atom. The summed E-state index contributed by atoms with van der Waals surface area (Å²) in [6, 6.07) is 7.93.